The molecule has 23 heavy (non-hydrogen) atoms. The maximum absolute atomic E-state index is 12.4. The van der Waals surface area contributed by atoms with E-state index in [0.717, 1.165) is 49.6 Å². The van der Waals surface area contributed by atoms with Crippen LogP contribution < -0.4 is 0 Å². The van der Waals surface area contributed by atoms with Crippen molar-refractivity contribution in [1.29, 1.82) is 0 Å². The van der Waals surface area contributed by atoms with Crippen LogP contribution in [0.3, 0.4) is 0 Å². The number of aromatic nitrogens is 3. The fraction of sp³-hybridized carbons (Fsp3) is 0.500. The van der Waals surface area contributed by atoms with E-state index in [1.54, 1.807) is 0 Å². The number of piperidine rings is 1. The Morgan fingerprint density at radius 1 is 1.13 bits per heavy atom. The predicted molar refractivity (Wildman–Crippen MR) is 87.1 cm³/mol. The van der Waals surface area contributed by atoms with Crippen molar-refractivity contribution in [3.63, 3.8) is 0 Å². The van der Waals surface area contributed by atoms with Crippen LogP contribution in [0.2, 0.25) is 0 Å². The molecule has 2 aromatic rings. The molecule has 4 rings (SSSR count). The molecule has 0 atom stereocenters. The third kappa shape index (κ3) is 3.28. The maximum Gasteiger partial charge on any atom is 0.253 e. The second-order valence-electron chi connectivity index (χ2n) is 6.72. The molecule has 2 fully saturated rings. The molecule has 0 radical (unpaired) electrons. The van der Waals surface area contributed by atoms with E-state index in [1.165, 1.54) is 12.8 Å². The lowest BCUT2D eigenvalue weighted by Crippen LogP contribution is -2.38. The molecule has 2 aliphatic rings. The number of carbonyl (C=O) groups excluding carboxylic acids is 1. The number of likely N-dealkylation sites (tertiary alicyclic amines) is 1. The SMILES string of the molecule is O=C(c1ccccc1)N1CCC(Cc2nc(C3CC3)n[nH]2)CC1. The molecule has 0 unspecified atom stereocenters. The molecule has 1 saturated carbocycles. The summed E-state index contributed by atoms with van der Waals surface area (Å²) in [6.45, 7) is 1.67. The number of rotatable bonds is 4. The smallest absolute Gasteiger partial charge is 0.253 e. The molecule has 0 spiro atoms. The molecule has 1 aliphatic heterocycles. The van der Waals surface area contributed by atoms with Gasteiger partial charge in [0.15, 0.2) is 5.82 Å². The van der Waals surface area contributed by atoms with Gasteiger partial charge < -0.3 is 4.90 Å². The molecule has 1 N–H and O–H groups in total. The first-order chi connectivity index (χ1) is 11.3. The fourth-order valence-electron chi connectivity index (χ4n) is 3.30. The van der Waals surface area contributed by atoms with Crippen LogP contribution in [0.1, 0.15) is 53.6 Å². The number of nitrogens with one attached hydrogen (secondary N) is 1. The van der Waals surface area contributed by atoms with Gasteiger partial charge in [-0.2, -0.15) is 5.10 Å². The summed E-state index contributed by atoms with van der Waals surface area (Å²) >= 11 is 0. The van der Waals surface area contributed by atoms with Gasteiger partial charge in [-0.15, -0.1) is 0 Å². The lowest BCUT2D eigenvalue weighted by Gasteiger charge is -2.31. The van der Waals surface area contributed by atoms with Gasteiger partial charge in [0.05, 0.1) is 0 Å². The second-order valence-corrected chi connectivity index (χ2v) is 6.72. The summed E-state index contributed by atoms with van der Waals surface area (Å²) in [5.74, 6) is 3.36. The highest BCUT2D eigenvalue weighted by atomic mass is 16.2. The highest BCUT2D eigenvalue weighted by Crippen LogP contribution is 2.37. The van der Waals surface area contributed by atoms with Crippen molar-refractivity contribution in [2.24, 2.45) is 5.92 Å². The van der Waals surface area contributed by atoms with E-state index in [4.69, 9.17) is 0 Å². The molecular weight excluding hydrogens is 288 g/mol. The summed E-state index contributed by atoms with van der Waals surface area (Å²) in [4.78, 5) is 19.0. The van der Waals surface area contributed by atoms with Gasteiger partial charge in [0.2, 0.25) is 0 Å². The first-order valence-corrected chi connectivity index (χ1v) is 8.55. The number of nitrogens with zero attached hydrogens (tertiary/aromatic N) is 3. The average molecular weight is 310 g/mol. The number of carbonyl (C=O) groups is 1. The zero-order chi connectivity index (χ0) is 15.6. The Labute approximate surface area is 136 Å². The minimum absolute atomic E-state index is 0.153. The largest absolute Gasteiger partial charge is 0.339 e. The van der Waals surface area contributed by atoms with Gasteiger partial charge >= 0.3 is 0 Å². The zero-order valence-corrected chi connectivity index (χ0v) is 13.2. The van der Waals surface area contributed by atoms with E-state index < -0.39 is 0 Å². The summed E-state index contributed by atoms with van der Waals surface area (Å²) < 4.78 is 0. The normalized spacial score (nSPS) is 19.0. The second kappa shape index (κ2) is 6.14. The molecule has 1 saturated heterocycles. The monoisotopic (exact) mass is 310 g/mol. The average Bonchev–Trinajstić information content (AvgIpc) is 3.36. The first kappa shape index (κ1) is 14.4. The zero-order valence-electron chi connectivity index (χ0n) is 13.2. The standard InChI is InChI=1S/C18H22N4O/c23-18(15-4-2-1-3-5-15)22-10-8-13(9-11-22)12-16-19-17(21-20-16)14-6-7-14/h1-5,13-14H,6-12H2,(H,19,20,21). The summed E-state index contributed by atoms with van der Waals surface area (Å²) in [6, 6.07) is 9.56. The Morgan fingerprint density at radius 3 is 2.57 bits per heavy atom. The number of hydrogen-bond acceptors (Lipinski definition) is 3. The van der Waals surface area contributed by atoms with Crippen molar-refractivity contribution in [2.45, 2.75) is 38.0 Å². The Kier molecular flexibility index (Phi) is 3.85. The summed E-state index contributed by atoms with van der Waals surface area (Å²) in [7, 11) is 0. The lowest BCUT2D eigenvalue weighted by atomic mass is 9.93. The van der Waals surface area contributed by atoms with E-state index in [-0.39, 0.29) is 5.91 Å². The van der Waals surface area contributed by atoms with Crippen LogP contribution in [0.15, 0.2) is 30.3 Å². The predicted octanol–water partition coefficient (Wildman–Crippen LogP) is 2.78. The quantitative estimate of drug-likeness (QED) is 0.944. The number of amides is 1. The van der Waals surface area contributed by atoms with Crippen molar-refractivity contribution in [2.75, 3.05) is 13.1 Å². The molecule has 120 valence electrons. The number of H-pyrrole nitrogens is 1. The molecule has 0 bridgehead atoms. The Bertz CT molecular complexity index is 669. The lowest BCUT2D eigenvalue weighted by molar-refractivity contribution is 0.0690. The molecule has 1 aromatic carbocycles. The van der Waals surface area contributed by atoms with Gasteiger partial charge in [0.25, 0.3) is 5.91 Å². The van der Waals surface area contributed by atoms with Crippen molar-refractivity contribution < 1.29 is 4.79 Å². The molecule has 1 amide bonds. The van der Waals surface area contributed by atoms with Crippen LogP contribution in [0.4, 0.5) is 0 Å². The minimum Gasteiger partial charge on any atom is -0.339 e. The van der Waals surface area contributed by atoms with E-state index in [0.29, 0.717) is 11.8 Å². The highest BCUT2D eigenvalue weighted by molar-refractivity contribution is 5.94. The Hall–Kier alpha value is -2.17. The number of hydrogen-bond donors (Lipinski definition) is 1. The van der Waals surface area contributed by atoms with Gasteiger partial charge in [-0.25, -0.2) is 4.98 Å². The van der Waals surface area contributed by atoms with Gasteiger partial charge in [-0.3, -0.25) is 9.89 Å². The maximum atomic E-state index is 12.4. The van der Waals surface area contributed by atoms with Gasteiger partial charge in [0.1, 0.15) is 5.82 Å². The van der Waals surface area contributed by atoms with Crippen LogP contribution in [0.25, 0.3) is 0 Å². The molecular formula is C18H22N4O. The van der Waals surface area contributed by atoms with E-state index in [9.17, 15) is 4.79 Å². The number of benzene rings is 1. The van der Waals surface area contributed by atoms with Gasteiger partial charge in [0, 0.05) is 31.0 Å². The van der Waals surface area contributed by atoms with Crippen LogP contribution >= 0.6 is 0 Å². The van der Waals surface area contributed by atoms with Gasteiger partial charge in [-0.1, -0.05) is 18.2 Å². The first-order valence-electron chi connectivity index (χ1n) is 8.55. The fourth-order valence-corrected chi connectivity index (χ4v) is 3.30. The summed E-state index contributed by atoms with van der Waals surface area (Å²) in [5, 5.41) is 7.42. The molecule has 2 heterocycles. The van der Waals surface area contributed by atoms with Crippen LogP contribution in [-0.2, 0) is 6.42 Å². The van der Waals surface area contributed by atoms with Crippen molar-refractivity contribution in [3.8, 4) is 0 Å². The third-order valence-corrected chi connectivity index (χ3v) is 4.90. The van der Waals surface area contributed by atoms with E-state index in [2.05, 4.69) is 15.2 Å². The molecule has 5 heteroatoms. The Morgan fingerprint density at radius 2 is 1.87 bits per heavy atom. The summed E-state index contributed by atoms with van der Waals surface area (Å²) in [5.41, 5.74) is 0.787. The Balaban J connectivity index is 1.31. The van der Waals surface area contributed by atoms with E-state index in [1.807, 2.05) is 35.2 Å². The minimum atomic E-state index is 0.153. The molecule has 1 aliphatic carbocycles. The molecule has 5 nitrogen and oxygen atoms in total. The summed E-state index contributed by atoms with van der Waals surface area (Å²) in [6.07, 6.45) is 5.50. The van der Waals surface area contributed by atoms with E-state index >= 15 is 0 Å². The van der Waals surface area contributed by atoms with Crippen molar-refractivity contribution in [1.82, 2.24) is 20.1 Å². The van der Waals surface area contributed by atoms with Crippen molar-refractivity contribution in [3.05, 3.63) is 47.5 Å². The number of aromatic amines is 1. The molecule has 1 aromatic heterocycles. The topological polar surface area (TPSA) is 61.9 Å². The highest BCUT2D eigenvalue weighted by Gasteiger charge is 2.29. The van der Waals surface area contributed by atoms with Gasteiger partial charge in [-0.05, 0) is 43.7 Å². The third-order valence-electron chi connectivity index (χ3n) is 4.90. The van der Waals surface area contributed by atoms with Crippen LogP contribution in [0.5, 0.6) is 0 Å². The van der Waals surface area contributed by atoms with Crippen LogP contribution in [-0.4, -0.2) is 39.1 Å². The van der Waals surface area contributed by atoms with Crippen molar-refractivity contribution >= 4 is 5.91 Å². The van der Waals surface area contributed by atoms with Crippen LogP contribution in [0, 0.1) is 5.92 Å².